The summed E-state index contributed by atoms with van der Waals surface area (Å²) in [5.74, 6) is -4.10. The number of rotatable bonds is 5. The van der Waals surface area contributed by atoms with Crippen molar-refractivity contribution in [3.63, 3.8) is 0 Å². The molecule has 2 aromatic rings. The highest BCUT2D eigenvalue weighted by atomic mass is 19.2. The Labute approximate surface area is 106 Å². The number of aromatic nitrogens is 2. The van der Waals surface area contributed by atoms with Crippen LogP contribution >= 0.6 is 0 Å². The number of hydrogen-bond acceptors (Lipinski definition) is 5. The van der Waals surface area contributed by atoms with E-state index in [2.05, 4.69) is 10.1 Å². The van der Waals surface area contributed by atoms with E-state index in [1.165, 1.54) is 0 Å². The summed E-state index contributed by atoms with van der Waals surface area (Å²) in [5, 5.41) is 3.52. The predicted molar refractivity (Wildman–Crippen MR) is 58.3 cm³/mol. The lowest BCUT2D eigenvalue weighted by Gasteiger charge is -1.98. The molecular weight excluding hydrogens is 263 g/mol. The number of nitrogens with two attached hydrogens (primary N) is 1. The molecule has 2 N–H and O–H groups in total. The summed E-state index contributed by atoms with van der Waals surface area (Å²) in [7, 11) is 0. The molecule has 0 aliphatic carbocycles. The number of halogens is 3. The van der Waals surface area contributed by atoms with Gasteiger partial charge in [0.2, 0.25) is 5.82 Å². The third-order valence-corrected chi connectivity index (χ3v) is 2.20. The second-order valence-electron chi connectivity index (χ2n) is 3.61. The van der Waals surface area contributed by atoms with E-state index < -0.39 is 17.5 Å². The maximum atomic E-state index is 13.0. The van der Waals surface area contributed by atoms with Crippen LogP contribution in [0, 0.1) is 17.5 Å². The maximum absolute atomic E-state index is 13.0. The van der Waals surface area contributed by atoms with Crippen molar-refractivity contribution >= 4 is 0 Å². The van der Waals surface area contributed by atoms with Crippen LogP contribution in [0.2, 0.25) is 0 Å². The Balaban J connectivity index is 2.18. The molecule has 0 saturated heterocycles. The van der Waals surface area contributed by atoms with Crippen LogP contribution in [0.3, 0.4) is 0 Å². The number of hydrogen-bond donors (Lipinski definition) is 1. The molecule has 0 atom stereocenters. The van der Waals surface area contributed by atoms with Gasteiger partial charge in [-0.05, 0) is 12.1 Å². The topological polar surface area (TPSA) is 74.2 Å². The second-order valence-corrected chi connectivity index (χ2v) is 3.61. The summed E-state index contributed by atoms with van der Waals surface area (Å²) < 4.78 is 48.7. The Morgan fingerprint density at radius 1 is 1.21 bits per heavy atom. The smallest absolute Gasteiger partial charge is 0.252 e. The van der Waals surface area contributed by atoms with Gasteiger partial charge in [-0.15, -0.1) is 0 Å². The van der Waals surface area contributed by atoms with Crippen LogP contribution in [0.15, 0.2) is 16.7 Å². The Kier molecular flexibility index (Phi) is 4.13. The quantitative estimate of drug-likeness (QED) is 0.662. The summed E-state index contributed by atoms with van der Waals surface area (Å²) in [6.45, 7) is 0.698. The zero-order valence-electron chi connectivity index (χ0n) is 9.70. The molecule has 0 radical (unpaired) electrons. The summed E-state index contributed by atoms with van der Waals surface area (Å²) in [5.41, 5.74) is 5.20. The first kappa shape index (κ1) is 13.5. The third kappa shape index (κ3) is 3.09. The third-order valence-electron chi connectivity index (χ3n) is 2.20. The minimum atomic E-state index is -1.54. The van der Waals surface area contributed by atoms with Crippen LogP contribution < -0.4 is 5.73 Å². The van der Waals surface area contributed by atoms with Gasteiger partial charge in [0.05, 0.1) is 6.61 Å². The highest BCUT2D eigenvalue weighted by molar-refractivity contribution is 5.54. The van der Waals surface area contributed by atoms with Gasteiger partial charge in [-0.1, -0.05) is 5.16 Å². The van der Waals surface area contributed by atoms with Gasteiger partial charge in [0.25, 0.3) is 5.89 Å². The molecule has 8 heteroatoms. The first-order valence-corrected chi connectivity index (χ1v) is 5.37. The summed E-state index contributed by atoms with van der Waals surface area (Å²) in [6.07, 6.45) is 0. The zero-order valence-corrected chi connectivity index (χ0v) is 9.70. The van der Waals surface area contributed by atoms with E-state index in [0.717, 1.165) is 12.1 Å². The molecule has 0 amide bonds. The predicted octanol–water partition coefficient (Wildman–Crippen LogP) is 1.63. The highest BCUT2D eigenvalue weighted by Crippen LogP contribution is 2.21. The first-order chi connectivity index (χ1) is 9.11. The lowest BCUT2D eigenvalue weighted by molar-refractivity contribution is 0.104. The summed E-state index contributed by atoms with van der Waals surface area (Å²) >= 11 is 0. The standard InChI is InChI=1S/C11H10F3N3O2/c12-7-3-6(4-8(13)10(7)14)11-16-9(19-17-11)5-18-2-1-15/h3-4H,1-2,5,15H2. The average molecular weight is 273 g/mol. The minimum Gasteiger partial charge on any atom is -0.370 e. The van der Waals surface area contributed by atoms with Crippen molar-refractivity contribution in [2.45, 2.75) is 6.61 Å². The van der Waals surface area contributed by atoms with E-state index in [1.807, 2.05) is 0 Å². The first-order valence-electron chi connectivity index (χ1n) is 5.37. The van der Waals surface area contributed by atoms with Crippen molar-refractivity contribution in [3.05, 3.63) is 35.5 Å². The molecular formula is C11H10F3N3O2. The SMILES string of the molecule is NCCOCc1nc(-c2cc(F)c(F)c(F)c2)no1. The van der Waals surface area contributed by atoms with E-state index in [9.17, 15) is 13.2 Å². The van der Waals surface area contributed by atoms with Crippen molar-refractivity contribution in [3.8, 4) is 11.4 Å². The van der Waals surface area contributed by atoms with Crippen molar-refractivity contribution in [2.24, 2.45) is 5.73 Å². The van der Waals surface area contributed by atoms with Gasteiger partial charge in [0.1, 0.15) is 6.61 Å². The second kappa shape index (κ2) is 5.81. The normalized spacial score (nSPS) is 10.9. The van der Waals surface area contributed by atoms with E-state index in [4.69, 9.17) is 15.0 Å². The van der Waals surface area contributed by atoms with Crippen LogP contribution in [-0.2, 0) is 11.3 Å². The molecule has 1 aromatic carbocycles. The molecule has 102 valence electrons. The number of ether oxygens (including phenoxy) is 1. The van der Waals surface area contributed by atoms with Crippen LogP contribution in [0.5, 0.6) is 0 Å². The fourth-order valence-electron chi connectivity index (χ4n) is 1.36. The van der Waals surface area contributed by atoms with E-state index in [0.29, 0.717) is 13.2 Å². The Bertz CT molecular complexity index is 551. The van der Waals surface area contributed by atoms with Crippen LogP contribution in [0.4, 0.5) is 13.2 Å². The molecule has 2 rings (SSSR count). The fraction of sp³-hybridized carbons (Fsp3) is 0.273. The van der Waals surface area contributed by atoms with Gasteiger partial charge in [0, 0.05) is 12.1 Å². The Morgan fingerprint density at radius 3 is 2.53 bits per heavy atom. The lowest BCUT2D eigenvalue weighted by atomic mass is 10.2. The van der Waals surface area contributed by atoms with Crippen molar-refractivity contribution < 1.29 is 22.4 Å². The van der Waals surface area contributed by atoms with Crippen molar-refractivity contribution in [1.82, 2.24) is 10.1 Å². The summed E-state index contributed by atoms with van der Waals surface area (Å²) in [4.78, 5) is 3.86. The molecule has 0 unspecified atom stereocenters. The molecule has 1 aromatic heterocycles. The van der Waals surface area contributed by atoms with Gasteiger partial charge in [-0.25, -0.2) is 13.2 Å². The Morgan fingerprint density at radius 2 is 1.89 bits per heavy atom. The molecule has 0 saturated carbocycles. The van der Waals surface area contributed by atoms with E-state index >= 15 is 0 Å². The molecule has 0 aliphatic rings. The van der Waals surface area contributed by atoms with Gasteiger partial charge >= 0.3 is 0 Å². The lowest BCUT2D eigenvalue weighted by Crippen LogP contribution is -2.08. The van der Waals surface area contributed by atoms with Crippen LogP contribution in [-0.4, -0.2) is 23.3 Å². The Hall–Kier alpha value is -1.93. The molecule has 1 heterocycles. The molecule has 0 bridgehead atoms. The molecule has 19 heavy (non-hydrogen) atoms. The van der Waals surface area contributed by atoms with E-state index in [1.54, 1.807) is 0 Å². The van der Waals surface area contributed by atoms with Gasteiger partial charge < -0.3 is 15.0 Å². The zero-order chi connectivity index (χ0) is 13.8. The monoisotopic (exact) mass is 273 g/mol. The molecule has 0 aliphatic heterocycles. The molecule has 0 fully saturated rings. The van der Waals surface area contributed by atoms with Gasteiger partial charge in [-0.2, -0.15) is 4.98 Å². The molecule has 5 nitrogen and oxygen atoms in total. The molecule has 0 spiro atoms. The van der Waals surface area contributed by atoms with Crippen LogP contribution in [0.1, 0.15) is 5.89 Å². The van der Waals surface area contributed by atoms with Crippen molar-refractivity contribution in [2.75, 3.05) is 13.2 Å². The van der Waals surface area contributed by atoms with E-state index in [-0.39, 0.29) is 23.9 Å². The summed E-state index contributed by atoms with van der Waals surface area (Å²) in [6, 6.07) is 1.57. The number of nitrogens with zero attached hydrogens (tertiary/aromatic N) is 2. The minimum absolute atomic E-state index is 0.0229. The van der Waals surface area contributed by atoms with Crippen LogP contribution in [0.25, 0.3) is 11.4 Å². The largest absolute Gasteiger partial charge is 0.370 e. The average Bonchev–Trinajstić information content (AvgIpc) is 2.84. The highest BCUT2D eigenvalue weighted by Gasteiger charge is 2.15. The van der Waals surface area contributed by atoms with Gasteiger partial charge in [0.15, 0.2) is 17.5 Å². The van der Waals surface area contributed by atoms with Crippen molar-refractivity contribution in [1.29, 1.82) is 0 Å². The number of benzene rings is 1. The fourth-order valence-corrected chi connectivity index (χ4v) is 1.36. The van der Waals surface area contributed by atoms with Gasteiger partial charge in [-0.3, -0.25) is 0 Å². The maximum Gasteiger partial charge on any atom is 0.252 e.